The fourth-order valence-electron chi connectivity index (χ4n) is 2.78. The Bertz CT molecular complexity index is 542. The van der Waals surface area contributed by atoms with Crippen molar-refractivity contribution in [1.82, 2.24) is 10.2 Å². The molecule has 0 spiro atoms. The summed E-state index contributed by atoms with van der Waals surface area (Å²) in [6.45, 7) is 1.65. The molecule has 0 radical (unpaired) electrons. The van der Waals surface area contributed by atoms with Gasteiger partial charge in [0.1, 0.15) is 6.04 Å². The highest BCUT2D eigenvalue weighted by molar-refractivity contribution is 5.87. The Hall–Kier alpha value is -1.92. The van der Waals surface area contributed by atoms with E-state index < -0.39 is 6.04 Å². The number of ether oxygens (including phenoxy) is 2. The molecule has 2 rings (SSSR count). The third-order valence-electron chi connectivity index (χ3n) is 4.16. The monoisotopic (exact) mass is 348 g/mol. The SMILES string of the molecule is CN(C)C(=O)C(Cc1ccccc1)NC(=O)CCOCC1CCCO1. The van der Waals surface area contributed by atoms with Gasteiger partial charge in [-0.25, -0.2) is 0 Å². The van der Waals surface area contributed by atoms with Crippen LogP contribution in [0.2, 0.25) is 0 Å². The van der Waals surface area contributed by atoms with E-state index >= 15 is 0 Å². The van der Waals surface area contributed by atoms with Crippen LogP contribution in [0.15, 0.2) is 30.3 Å². The zero-order valence-corrected chi connectivity index (χ0v) is 15.1. The second-order valence-electron chi connectivity index (χ2n) is 6.50. The van der Waals surface area contributed by atoms with Crippen molar-refractivity contribution in [1.29, 1.82) is 0 Å². The Morgan fingerprint density at radius 2 is 2.08 bits per heavy atom. The van der Waals surface area contributed by atoms with Crippen molar-refractivity contribution in [3.05, 3.63) is 35.9 Å². The van der Waals surface area contributed by atoms with Gasteiger partial charge in [0.05, 0.1) is 19.3 Å². The minimum absolute atomic E-state index is 0.113. The predicted octanol–water partition coefficient (Wildman–Crippen LogP) is 1.39. The van der Waals surface area contributed by atoms with Crippen molar-refractivity contribution in [2.24, 2.45) is 0 Å². The summed E-state index contributed by atoms with van der Waals surface area (Å²) < 4.78 is 11.0. The Labute approximate surface area is 149 Å². The van der Waals surface area contributed by atoms with Crippen LogP contribution in [-0.4, -0.2) is 62.8 Å². The molecule has 0 saturated carbocycles. The summed E-state index contributed by atoms with van der Waals surface area (Å²) in [4.78, 5) is 26.0. The Morgan fingerprint density at radius 3 is 2.72 bits per heavy atom. The molecule has 1 aliphatic heterocycles. The van der Waals surface area contributed by atoms with Gasteiger partial charge >= 0.3 is 0 Å². The van der Waals surface area contributed by atoms with Gasteiger partial charge in [-0.15, -0.1) is 0 Å². The van der Waals surface area contributed by atoms with Gasteiger partial charge in [-0.1, -0.05) is 30.3 Å². The zero-order valence-electron chi connectivity index (χ0n) is 15.1. The van der Waals surface area contributed by atoms with E-state index in [-0.39, 0.29) is 24.3 Å². The van der Waals surface area contributed by atoms with Gasteiger partial charge < -0.3 is 19.7 Å². The highest BCUT2D eigenvalue weighted by Gasteiger charge is 2.22. The molecule has 1 aliphatic rings. The van der Waals surface area contributed by atoms with Gasteiger partial charge in [0, 0.05) is 33.5 Å². The van der Waals surface area contributed by atoms with E-state index in [2.05, 4.69) is 5.32 Å². The zero-order chi connectivity index (χ0) is 18.1. The lowest BCUT2D eigenvalue weighted by Gasteiger charge is -2.22. The molecule has 6 nitrogen and oxygen atoms in total. The predicted molar refractivity (Wildman–Crippen MR) is 95.2 cm³/mol. The maximum absolute atomic E-state index is 12.4. The average Bonchev–Trinajstić information content (AvgIpc) is 3.12. The van der Waals surface area contributed by atoms with Crippen LogP contribution in [0.3, 0.4) is 0 Å². The number of nitrogens with one attached hydrogen (secondary N) is 1. The highest BCUT2D eigenvalue weighted by atomic mass is 16.5. The summed E-state index contributed by atoms with van der Waals surface area (Å²) in [7, 11) is 3.38. The minimum atomic E-state index is -0.567. The molecule has 0 bridgehead atoms. The largest absolute Gasteiger partial charge is 0.378 e. The summed E-state index contributed by atoms with van der Waals surface area (Å²) in [5.41, 5.74) is 1.01. The molecule has 1 heterocycles. The van der Waals surface area contributed by atoms with Crippen LogP contribution < -0.4 is 5.32 Å². The molecular formula is C19H28N2O4. The third-order valence-corrected chi connectivity index (χ3v) is 4.16. The van der Waals surface area contributed by atoms with Gasteiger partial charge in [-0.2, -0.15) is 0 Å². The molecule has 138 valence electrons. The number of likely N-dealkylation sites (N-methyl/N-ethyl adjacent to an activating group) is 1. The second kappa shape index (κ2) is 10.2. The number of carbonyl (C=O) groups excluding carboxylic acids is 2. The lowest BCUT2D eigenvalue weighted by molar-refractivity contribution is -0.134. The van der Waals surface area contributed by atoms with Crippen LogP contribution in [-0.2, 0) is 25.5 Å². The molecular weight excluding hydrogens is 320 g/mol. The maximum Gasteiger partial charge on any atom is 0.244 e. The molecule has 2 amide bonds. The Morgan fingerprint density at radius 1 is 1.32 bits per heavy atom. The fourth-order valence-corrected chi connectivity index (χ4v) is 2.78. The molecule has 1 aromatic carbocycles. The van der Waals surface area contributed by atoms with Crippen molar-refractivity contribution in [3.63, 3.8) is 0 Å². The first kappa shape index (κ1) is 19.4. The highest BCUT2D eigenvalue weighted by Crippen LogP contribution is 2.12. The molecule has 2 atom stereocenters. The molecule has 2 unspecified atom stereocenters. The summed E-state index contributed by atoms with van der Waals surface area (Å²) in [5.74, 6) is -0.291. The smallest absolute Gasteiger partial charge is 0.244 e. The van der Waals surface area contributed by atoms with E-state index in [9.17, 15) is 9.59 Å². The lowest BCUT2D eigenvalue weighted by atomic mass is 10.0. The van der Waals surface area contributed by atoms with Gasteiger partial charge in [0.15, 0.2) is 0 Å². The maximum atomic E-state index is 12.4. The van der Waals surface area contributed by atoms with Crippen molar-refractivity contribution in [2.75, 3.05) is 33.9 Å². The Kier molecular flexibility index (Phi) is 7.88. The quantitative estimate of drug-likeness (QED) is 0.685. The van der Waals surface area contributed by atoms with E-state index in [0.717, 1.165) is 25.0 Å². The van der Waals surface area contributed by atoms with Crippen LogP contribution in [0.1, 0.15) is 24.8 Å². The van der Waals surface area contributed by atoms with Gasteiger partial charge in [0.2, 0.25) is 11.8 Å². The molecule has 25 heavy (non-hydrogen) atoms. The normalized spacial score (nSPS) is 17.9. The number of hydrogen-bond acceptors (Lipinski definition) is 4. The van der Waals surface area contributed by atoms with E-state index in [1.807, 2.05) is 30.3 Å². The molecule has 6 heteroatoms. The van der Waals surface area contributed by atoms with Crippen molar-refractivity contribution in [2.45, 2.75) is 37.8 Å². The van der Waals surface area contributed by atoms with E-state index in [4.69, 9.17) is 9.47 Å². The Balaban J connectivity index is 1.78. The average molecular weight is 348 g/mol. The number of benzene rings is 1. The molecule has 1 aromatic rings. The van der Waals surface area contributed by atoms with Gasteiger partial charge in [-0.3, -0.25) is 9.59 Å². The standard InChI is InChI=1S/C19H28N2O4/c1-21(2)19(23)17(13-15-7-4-3-5-8-15)20-18(22)10-12-24-14-16-9-6-11-25-16/h3-5,7-8,16-17H,6,9-14H2,1-2H3,(H,20,22). The number of hydrogen-bond donors (Lipinski definition) is 1. The molecule has 1 N–H and O–H groups in total. The van der Waals surface area contributed by atoms with E-state index in [0.29, 0.717) is 19.6 Å². The first-order valence-electron chi connectivity index (χ1n) is 8.80. The number of amides is 2. The van der Waals surface area contributed by atoms with Gasteiger partial charge in [0.25, 0.3) is 0 Å². The lowest BCUT2D eigenvalue weighted by Crippen LogP contribution is -2.47. The van der Waals surface area contributed by atoms with Crippen LogP contribution in [0.5, 0.6) is 0 Å². The molecule has 1 saturated heterocycles. The fraction of sp³-hybridized carbons (Fsp3) is 0.579. The third kappa shape index (κ3) is 6.84. The number of carbonyl (C=O) groups is 2. The minimum Gasteiger partial charge on any atom is -0.378 e. The molecule has 0 aromatic heterocycles. The molecule has 0 aliphatic carbocycles. The number of rotatable bonds is 9. The van der Waals surface area contributed by atoms with Crippen LogP contribution >= 0.6 is 0 Å². The van der Waals surface area contributed by atoms with Crippen LogP contribution in [0.4, 0.5) is 0 Å². The van der Waals surface area contributed by atoms with Crippen LogP contribution in [0.25, 0.3) is 0 Å². The number of nitrogens with zero attached hydrogens (tertiary/aromatic N) is 1. The summed E-state index contributed by atoms with van der Waals surface area (Å²) in [6.07, 6.45) is 2.95. The summed E-state index contributed by atoms with van der Waals surface area (Å²) in [5, 5.41) is 2.83. The van der Waals surface area contributed by atoms with Gasteiger partial charge in [-0.05, 0) is 18.4 Å². The van der Waals surface area contributed by atoms with Crippen molar-refractivity contribution < 1.29 is 19.1 Å². The van der Waals surface area contributed by atoms with Crippen LogP contribution in [0, 0.1) is 0 Å². The molecule has 1 fully saturated rings. The second-order valence-corrected chi connectivity index (χ2v) is 6.50. The van der Waals surface area contributed by atoms with Crippen molar-refractivity contribution in [3.8, 4) is 0 Å². The first-order valence-corrected chi connectivity index (χ1v) is 8.80. The van der Waals surface area contributed by atoms with Crippen molar-refractivity contribution >= 4 is 11.8 Å². The van der Waals surface area contributed by atoms with E-state index in [1.54, 1.807) is 14.1 Å². The summed E-state index contributed by atoms with van der Waals surface area (Å²) >= 11 is 0. The topological polar surface area (TPSA) is 67.9 Å². The summed E-state index contributed by atoms with van der Waals surface area (Å²) in [6, 6.07) is 9.11. The van der Waals surface area contributed by atoms with E-state index in [1.165, 1.54) is 4.90 Å². The first-order chi connectivity index (χ1) is 12.1.